The predicted molar refractivity (Wildman–Crippen MR) is 91.8 cm³/mol. The molecule has 0 unspecified atom stereocenters. The number of aromatic nitrogens is 1. The van der Waals surface area contributed by atoms with Gasteiger partial charge < -0.3 is 5.32 Å². The van der Waals surface area contributed by atoms with Crippen LogP contribution in [0.1, 0.15) is 21.8 Å². The Hall–Kier alpha value is -1.44. The van der Waals surface area contributed by atoms with Crippen molar-refractivity contribution in [3.63, 3.8) is 0 Å². The first-order valence-corrected chi connectivity index (χ1v) is 10.1. The van der Waals surface area contributed by atoms with Gasteiger partial charge in [-0.25, -0.2) is 13.4 Å². The fourth-order valence-corrected chi connectivity index (χ4v) is 5.26. The molecule has 0 radical (unpaired) electrons. The van der Waals surface area contributed by atoms with Crippen LogP contribution in [0.25, 0.3) is 10.6 Å². The number of nitrogens with zero attached hydrogens (tertiary/aromatic N) is 1. The maximum Gasteiger partial charge on any atom is 0.263 e. The Morgan fingerprint density at radius 1 is 1.35 bits per heavy atom. The summed E-state index contributed by atoms with van der Waals surface area (Å²) < 4.78 is 22.9. The van der Waals surface area contributed by atoms with E-state index in [4.69, 9.17) is 11.6 Å². The van der Waals surface area contributed by atoms with Gasteiger partial charge in [0.25, 0.3) is 5.91 Å². The number of hydrogen-bond donors (Lipinski definition) is 1. The van der Waals surface area contributed by atoms with Gasteiger partial charge in [0, 0.05) is 16.6 Å². The molecule has 0 bridgehead atoms. The molecule has 1 aliphatic rings. The van der Waals surface area contributed by atoms with E-state index < -0.39 is 9.84 Å². The van der Waals surface area contributed by atoms with E-state index in [9.17, 15) is 13.2 Å². The monoisotopic (exact) mass is 370 g/mol. The predicted octanol–water partition coefficient (Wildman–Crippen LogP) is 2.69. The van der Waals surface area contributed by atoms with Crippen LogP contribution in [0.2, 0.25) is 5.02 Å². The van der Waals surface area contributed by atoms with E-state index in [0.29, 0.717) is 22.0 Å². The number of rotatable bonds is 3. The minimum Gasteiger partial charge on any atom is -0.347 e. The molecule has 8 heteroatoms. The average molecular weight is 371 g/mol. The van der Waals surface area contributed by atoms with Gasteiger partial charge in [0.05, 0.1) is 17.2 Å². The van der Waals surface area contributed by atoms with Gasteiger partial charge in [-0.15, -0.1) is 11.3 Å². The molecule has 5 nitrogen and oxygen atoms in total. The number of carbonyl (C=O) groups is 1. The lowest BCUT2D eigenvalue weighted by Crippen LogP contribution is -2.35. The van der Waals surface area contributed by atoms with Crippen molar-refractivity contribution < 1.29 is 13.2 Å². The molecule has 1 N–H and O–H groups in total. The number of benzene rings is 1. The molecule has 122 valence electrons. The zero-order chi connectivity index (χ0) is 16.6. The van der Waals surface area contributed by atoms with Crippen LogP contribution >= 0.6 is 22.9 Å². The van der Waals surface area contributed by atoms with Crippen LogP contribution in [0.15, 0.2) is 24.3 Å². The third-order valence-electron chi connectivity index (χ3n) is 3.66. The van der Waals surface area contributed by atoms with Crippen LogP contribution in [-0.2, 0) is 9.84 Å². The third kappa shape index (κ3) is 3.73. The molecule has 0 saturated carbocycles. The molecule has 1 aliphatic heterocycles. The Balaban J connectivity index is 1.78. The van der Waals surface area contributed by atoms with Crippen molar-refractivity contribution in [2.75, 3.05) is 11.5 Å². The molecule has 3 rings (SSSR count). The first-order chi connectivity index (χ1) is 10.8. The Bertz CT molecular complexity index is 844. The van der Waals surface area contributed by atoms with Crippen molar-refractivity contribution in [2.24, 2.45) is 0 Å². The highest BCUT2D eigenvalue weighted by Crippen LogP contribution is 2.29. The zero-order valence-corrected chi connectivity index (χ0v) is 14.8. The Kier molecular flexibility index (Phi) is 4.44. The lowest BCUT2D eigenvalue weighted by molar-refractivity contribution is 0.0944. The average Bonchev–Trinajstić information content (AvgIpc) is 3.02. The summed E-state index contributed by atoms with van der Waals surface area (Å²) in [4.78, 5) is 17.3. The van der Waals surface area contributed by atoms with Crippen molar-refractivity contribution in [3.8, 4) is 10.6 Å². The summed E-state index contributed by atoms with van der Waals surface area (Å²) in [5.74, 6) is -0.113. The van der Waals surface area contributed by atoms with Gasteiger partial charge in [-0.05, 0) is 25.5 Å². The van der Waals surface area contributed by atoms with Crippen LogP contribution in [0.5, 0.6) is 0 Å². The molecule has 23 heavy (non-hydrogen) atoms. The number of sulfone groups is 1. The molecular formula is C15H15ClN2O3S2. The smallest absolute Gasteiger partial charge is 0.263 e. The second-order valence-electron chi connectivity index (χ2n) is 5.51. The summed E-state index contributed by atoms with van der Waals surface area (Å²) in [6, 6.07) is 6.94. The zero-order valence-electron chi connectivity index (χ0n) is 12.4. The fourth-order valence-electron chi connectivity index (χ4n) is 2.48. The number of carbonyl (C=O) groups excluding carboxylic acids is 1. The quantitative estimate of drug-likeness (QED) is 0.901. The van der Waals surface area contributed by atoms with Crippen molar-refractivity contribution in [1.82, 2.24) is 10.3 Å². The molecule has 1 aromatic heterocycles. The molecule has 1 aromatic carbocycles. The maximum atomic E-state index is 12.4. The lowest BCUT2D eigenvalue weighted by Gasteiger charge is -2.09. The van der Waals surface area contributed by atoms with E-state index in [-0.39, 0.29) is 23.5 Å². The maximum absolute atomic E-state index is 12.4. The van der Waals surface area contributed by atoms with Crippen molar-refractivity contribution in [1.29, 1.82) is 0 Å². The minimum absolute atomic E-state index is 0.0145. The van der Waals surface area contributed by atoms with E-state index in [0.717, 1.165) is 10.6 Å². The summed E-state index contributed by atoms with van der Waals surface area (Å²) in [5, 5.41) is 4.18. The van der Waals surface area contributed by atoms with E-state index in [2.05, 4.69) is 10.3 Å². The Morgan fingerprint density at radius 2 is 2.04 bits per heavy atom. The van der Waals surface area contributed by atoms with Crippen LogP contribution in [0, 0.1) is 6.92 Å². The molecular weight excluding hydrogens is 356 g/mol. The van der Waals surface area contributed by atoms with Crippen molar-refractivity contribution in [2.45, 2.75) is 19.4 Å². The Labute approximate surface area is 143 Å². The van der Waals surface area contributed by atoms with Gasteiger partial charge in [-0.2, -0.15) is 0 Å². The number of thiazole rings is 1. The van der Waals surface area contributed by atoms with Crippen molar-refractivity contribution in [3.05, 3.63) is 39.9 Å². The van der Waals surface area contributed by atoms with Gasteiger partial charge in [-0.1, -0.05) is 23.7 Å². The molecule has 1 saturated heterocycles. The highest BCUT2D eigenvalue weighted by atomic mass is 35.5. The highest BCUT2D eigenvalue weighted by Gasteiger charge is 2.30. The van der Waals surface area contributed by atoms with Crippen LogP contribution in [0.3, 0.4) is 0 Å². The van der Waals surface area contributed by atoms with Gasteiger partial charge >= 0.3 is 0 Å². The standard InChI is InChI=1S/C15H15ClN2O3S2/c1-9-13(14(19)18-12-6-7-23(20,21)8-12)22-15(17-9)10-2-4-11(16)5-3-10/h2-5,12H,6-8H2,1H3,(H,18,19)/t12-/m1/s1. The van der Waals surface area contributed by atoms with Crippen molar-refractivity contribution >= 4 is 38.7 Å². The third-order valence-corrected chi connectivity index (χ3v) is 6.89. The van der Waals surface area contributed by atoms with E-state index in [1.807, 2.05) is 12.1 Å². The first kappa shape index (κ1) is 16.4. The molecule has 2 aromatic rings. The second-order valence-corrected chi connectivity index (χ2v) is 9.18. The highest BCUT2D eigenvalue weighted by molar-refractivity contribution is 7.91. The van der Waals surface area contributed by atoms with E-state index in [1.165, 1.54) is 11.3 Å². The molecule has 1 atom stereocenters. The summed E-state index contributed by atoms with van der Waals surface area (Å²) in [6.45, 7) is 1.77. The number of halogens is 1. The topological polar surface area (TPSA) is 76.1 Å². The van der Waals surface area contributed by atoms with Gasteiger partial charge in [-0.3, -0.25) is 4.79 Å². The normalized spacial score (nSPS) is 19.7. The fraction of sp³-hybridized carbons (Fsp3) is 0.333. The molecule has 0 aliphatic carbocycles. The van der Waals surface area contributed by atoms with E-state index >= 15 is 0 Å². The molecule has 0 spiro atoms. The molecule has 1 amide bonds. The largest absolute Gasteiger partial charge is 0.347 e. The van der Waals surface area contributed by atoms with Gasteiger partial charge in [0.1, 0.15) is 9.88 Å². The number of amides is 1. The van der Waals surface area contributed by atoms with Crippen LogP contribution in [0.4, 0.5) is 0 Å². The van der Waals surface area contributed by atoms with Crippen LogP contribution < -0.4 is 5.32 Å². The summed E-state index contributed by atoms with van der Waals surface area (Å²) in [5.41, 5.74) is 1.53. The molecule has 1 fully saturated rings. The second kappa shape index (κ2) is 6.22. The first-order valence-electron chi connectivity index (χ1n) is 7.09. The van der Waals surface area contributed by atoms with Crippen LogP contribution in [-0.4, -0.2) is 36.9 Å². The SMILES string of the molecule is Cc1nc(-c2ccc(Cl)cc2)sc1C(=O)N[C@@H]1CCS(=O)(=O)C1. The lowest BCUT2D eigenvalue weighted by atomic mass is 10.2. The summed E-state index contributed by atoms with van der Waals surface area (Å²) in [7, 11) is -3.01. The number of hydrogen-bond acceptors (Lipinski definition) is 5. The number of aryl methyl sites for hydroxylation is 1. The summed E-state index contributed by atoms with van der Waals surface area (Å²) in [6.07, 6.45) is 0.468. The molecule has 2 heterocycles. The minimum atomic E-state index is -3.01. The summed E-state index contributed by atoms with van der Waals surface area (Å²) >= 11 is 7.17. The van der Waals surface area contributed by atoms with Gasteiger partial charge in [0.15, 0.2) is 9.84 Å². The van der Waals surface area contributed by atoms with Gasteiger partial charge in [0.2, 0.25) is 0 Å². The Morgan fingerprint density at radius 3 is 2.65 bits per heavy atom. The van der Waals surface area contributed by atoms with E-state index in [1.54, 1.807) is 19.1 Å². The number of nitrogens with one attached hydrogen (secondary N) is 1.